The molecule has 68 heavy (non-hydrogen) atoms. The lowest BCUT2D eigenvalue weighted by Gasteiger charge is -2.30. The van der Waals surface area contributed by atoms with Crippen LogP contribution in [-0.4, -0.2) is 69.4 Å². The summed E-state index contributed by atoms with van der Waals surface area (Å²) in [4.78, 5) is 39.8. The van der Waals surface area contributed by atoms with Crippen LogP contribution in [0.4, 0.5) is 0 Å². The molecule has 396 valence electrons. The van der Waals surface area contributed by atoms with Gasteiger partial charge in [0.25, 0.3) is 7.82 Å². The fourth-order valence-electron chi connectivity index (χ4n) is 7.87. The van der Waals surface area contributed by atoms with E-state index in [1.165, 1.54) is 109 Å². The Kier molecular flexibility index (Phi) is 46.7. The first-order valence-corrected chi connectivity index (χ1v) is 29.6. The number of likely N-dealkylation sites (N-methyl/N-ethyl adjacent to an activating group) is 1. The second-order valence-electron chi connectivity index (χ2n) is 20.1. The number of nitrogens with one attached hydrogen (secondary N) is 1. The lowest BCUT2D eigenvalue weighted by atomic mass is 10.0. The van der Waals surface area contributed by atoms with E-state index in [-0.39, 0.29) is 24.9 Å². The molecule has 0 aromatic heterocycles. The maximum atomic E-state index is 13.5. The zero-order valence-electron chi connectivity index (χ0n) is 45.1. The second-order valence-corrected chi connectivity index (χ2v) is 21.5. The molecule has 1 amide bonds. The fourth-order valence-corrected chi connectivity index (χ4v) is 8.59. The number of rotatable bonds is 50. The molecule has 0 aliphatic carbocycles. The van der Waals surface area contributed by atoms with Crippen LogP contribution in [-0.2, 0) is 27.9 Å². The molecule has 0 heterocycles. The minimum atomic E-state index is -4.70. The molecule has 0 aliphatic rings. The maximum Gasteiger partial charge on any atom is 0.306 e. The van der Waals surface area contributed by atoms with Crippen molar-refractivity contribution in [3.63, 3.8) is 0 Å². The summed E-state index contributed by atoms with van der Waals surface area (Å²) in [5.74, 6) is -0.574. The summed E-state index contributed by atoms with van der Waals surface area (Å²) < 4.78 is 30.2. The number of phosphoric ester groups is 1. The van der Waals surface area contributed by atoms with Crippen LogP contribution in [0.25, 0.3) is 0 Å². The summed E-state index contributed by atoms with van der Waals surface area (Å²) in [7, 11) is 1.16. The topological polar surface area (TPSA) is 114 Å². The number of amides is 1. The van der Waals surface area contributed by atoms with E-state index in [1.54, 1.807) is 0 Å². The van der Waals surface area contributed by atoms with Crippen LogP contribution in [0.2, 0.25) is 0 Å². The maximum absolute atomic E-state index is 13.5. The van der Waals surface area contributed by atoms with E-state index in [1.807, 2.05) is 39.4 Å². The molecule has 3 atom stereocenters. The first-order chi connectivity index (χ1) is 32.9. The molecule has 0 aromatic carbocycles. The van der Waals surface area contributed by atoms with Crippen LogP contribution in [0.3, 0.4) is 0 Å². The second kappa shape index (κ2) is 48.3. The van der Waals surface area contributed by atoms with Crippen molar-refractivity contribution in [2.75, 3.05) is 40.9 Å². The molecule has 0 aromatic rings. The highest BCUT2D eigenvalue weighted by Gasteiger charge is 2.27. The standard InChI is InChI=1S/C58H107N2O7P/c1-7-10-13-16-19-22-25-28-29-30-33-35-38-41-44-47-50-57(61)59-55(54-66-68(63,64)65-53-52-60(4,5)6)56(49-46-43-40-37-34-31-26-23-20-17-14-11-8-2)67-58(62)51-48-45-42-39-36-32-27-24-21-18-15-12-9-3/h12,15,18,21,24,27,29-30,46,49,55-56H,7-11,13-14,16-17,19-20,22-23,25-26,28,31-45,47-48,50-54H2,1-6H3,(H-,59,61,63,64)/b15-12+,21-18+,27-24-,30-29+,49-46+. The van der Waals surface area contributed by atoms with Crippen LogP contribution < -0.4 is 10.2 Å². The Bertz CT molecular complexity index is 1350. The van der Waals surface area contributed by atoms with Gasteiger partial charge in [0.1, 0.15) is 19.3 Å². The summed E-state index contributed by atoms with van der Waals surface area (Å²) in [5.41, 5.74) is 0. The Balaban J connectivity index is 5.42. The van der Waals surface area contributed by atoms with E-state index in [9.17, 15) is 19.0 Å². The van der Waals surface area contributed by atoms with Crippen molar-refractivity contribution in [1.82, 2.24) is 5.32 Å². The summed E-state index contributed by atoms with van der Waals surface area (Å²) in [5, 5.41) is 3.01. The van der Waals surface area contributed by atoms with Gasteiger partial charge in [0.2, 0.25) is 5.91 Å². The molecule has 0 saturated heterocycles. The quantitative estimate of drug-likeness (QED) is 0.0161. The molecule has 0 radical (unpaired) electrons. The van der Waals surface area contributed by atoms with Crippen molar-refractivity contribution >= 4 is 19.7 Å². The van der Waals surface area contributed by atoms with Crippen molar-refractivity contribution < 1.29 is 37.3 Å². The number of allylic oxidation sites excluding steroid dienone is 9. The number of carbonyl (C=O) groups is 2. The molecular weight excluding hydrogens is 868 g/mol. The van der Waals surface area contributed by atoms with Gasteiger partial charge in [-0.25, -0.2) is 0 Å². The first kappa shape index (κ1) is 65.7. The van der Waals surface area contributed by atoms with E-state index in [4.69, 9.17) is 13.8 Å². The van der Waals surface area contributed by atoms with Gasteiger partial charge < -0.3 is 28.5 Å². The van der Waals surface area contributed by atoms with E-state index in [2.05, 4.69) is 68.6 Å². The fraction of sp³-hybridized carbons (Fsp3) is 0.793. The van der Waals surface area contributed by atoms with Crippen molar-refractivity contribution in [3.05, 3.63) is 60.8 Å². The van der Waals surface area contributed by atoms with Crippen LogP contribution in [0.15, 0.2) is 60.8 Å². The Morgan fingerprint density at radius 2 is 0.956 bits per heavy atom. The molecule has 9 nitrogen and oxygen atoms in total. The molecule has 10 heteroatoms. The summed E-state index contributed by atoms with van der Waals surface area (Å²) in [6, 6.07) is -0.900. The molecule has 0 saturated carbocycles. The number of hydrogen-bond acceptors (Lipinski definition) is 7. The van der Waals surface area contributed by atoms with Gasteiger partial charge in [0.15, 0.2) is 0 Å². The van der Waals surface area contributed by atoms with Crippen molar-refractivity contribution in [2.24, 2.45) is 0 Å². The SMILES string of the molecule is CC/C=C/C=C/C=C\CCCCCCCC(=O)OC(/C=C/CCCCCCCCCCCCC)C(COP(=O)([O-])OCC[N+](C)(C)C)NC(=O)CCCCCCC/C=C/CCCCCCCCC. The average molecular weight is 975 g/mol. The van der Waals surface area contributed by atoms with Crippen molar-refractivity contribution in [2.45, 2.75) is 258 Å². The van der Waals surface area contributed by atoms with Crippen LogP contribution in [0.1, 0.15) is 245 Å². The van der Waals surface area contributed by atoms with Crippen molar-refractivity contribution in [1.29, 1.82) is 0 Å². The molecule has 1 N–H and O–H groups in total. The lowest BCUT2D eigenvalue weighted by molar-refractivity contribution is -0.870. The molecule has 0 fully saturated rings. The summed E-state index contributed by atoms with van der Waals surface area (Å²) in [6.45, 7) is 6.68. The number of carbonyl (C=O) groups excluding carboxylic acids is 2. The smallest absolute Gasteiger partial charge is 0.306 e. The highest BCUT2D eigenvalue weighted by atomic mass is 31.2. The molecule has 0 aliphatic heterocycles. The number of nitrogens with zero attached hydrogens (tertiary/aromatic N) is 1. The number of hydrogen-bond donors (Lipinski definition) is 1. The van der Waals surface area contributed by atoms with Gasteiger partial charge in [-0.1, -0.05) is 217 Å². The summed E-state index contributed by atoms with van der Waals surface area (Å²) in [6.07, 6.45) is 59.0. The minimum Gasteiger partial charge on any atom is -0.756 e. The third-order valence-electron chi connectivity index (χ3n) is 12.2. The predicted octanol–water partition coefficient (Wildman–Crippen LogP) is 16.1. The van der Waals surface area contributed by atoms with Crippen molar-refractivity contribution in [3.8, 4) is 0 Å². The minimum absolute atomic E-state index is 0.0287. The van der Waals surface area contributed by atoms with E-state index >= 15 is 0 Å². The Morgan fingerprint density at radius 3 is 1.44 bits per heavy atom. The predicted molar refractivity (Wildman–Crippen MR) is 289 cm³/mol. The van der Waals surface area contributed by atoms with E-state index in [0.717, 1.165) is 96.3 Å². The van der Waals surface area contributed by atoms with Gasteiger partial charge in [-0.15, -0.1) is 0 Å². The number of esters is 1. The summed E-state index contributed by atoms with van der Waals surface area (Å²) >= 11 is 0. The molecular formula is C58H107N2O7P. The average Bonchev–Trinajstić information content (AvgIpc) is 3.29. The lowest BCUT2D eigenvalue weighted by Crippen LogP contribution is -2.47. The zero-order valence-corrected chi connectivity index (χ0v) is 45.9. The van der Waals surface area contributed by atoms with Gasteiger partial charge >= 0.3 is 5.97 Å². The van der Waals surface area contributed by atoms with E-state index < -0.39 is 26.6 Å². The van der Waals surface area contributed by atoms with Crippen LogP contribution in [0, 0.1) is 0 Å². The Labute approximate surface area is 420 Å². The highest BCUT2D eigenvalue weighted by molar-refractivity contribution is 7.45. The van der Waals surface area contributed by atoms with Gasteiger partial charge in [0.05, 0.1) is 33.8 Å². The Morgan fingerprint density at radius 1 is 0.529 bits per heavy atom. The number of ether oxygens (including phenoxy) is 1. The largest absolute Gasteiger partial charge is 0.756 e. The van der Waals surface area contributed by atoms with Crippen LogP contribution in [0.5, 0.6) is 0 Å². The normalized spacial score (nSPS) is 14.3. The molecule has 0 spiro atoms. The first-order valence-electron chi connectivity index (χ1n) is 28.1. The van der Waals surface area contributed by atoms with Gasteiger partial charge in [-0.3, -0.25) is 14.2 Å². The Hall–Kier alpha value is -2.29. The van der Waals surface area contributed by atoms with E-state index in [0.29, 0.717) is 23.9 Å². The molecule has 0 rings (SSSR count). The monoisotopic (exact) mass is 975 g/mol. The third-order valence-corrected chi connectivity index (χ3v) is 13.2. The number of unbranched alkanes of at least 4 members (excludes halogenated alkanes) is 28. The highest BCUT2D eigenvalue weighted by Crippen LogP contribution is 2.38. The zero-order chi connectivity index (χ0) is 50.1. The number of quaternary nitrogens is 1. The van der Waals surface area contributed by atoms with Gasteiger partial charge in [-0.05, 0) is 76.7 Å². The van der Waals surface area contributed by atoms with Crippen LogP contribution >= 0.6 is 7.82 Å². The molecule has 3 unspecified atom stereocenters. The number of phosphoric acid groups is 1. The third kappa shape index (κ3) is 48.7. The van der Waals surface area contributed by atoms with Gasteiger partial charge in [0, 0.05) is 12.8 Å². The van der Waals surface area contributed by atoms with Gasteiger partial charge in [-0.2, -0.15) is 0 Å². The molecule has 0 bridgehead atoms.